The third kappa shape index (κ3) is 9.57. The quantitative estimate of drug-likeness (QED) is 0.340. The molecule has 0 rings (SSSR count). The second kappa shape index (κ2) is 14.0. The lowest BCUT2D eigenvalue weighted by molar-refractivity contribution is 0.334. The zero-order valence-corrected chi connectivity index (χ0v) is 11.8. The minimum Gasteiger partial charge on any atom is -0.504 e. The van der Waals surface area contributed by atoms with Gasteiger partial charge in [-0.3, -0.25) is 0 Å². The number of hydrogen-bond acceptors (Lipinski definition) is 1. The molecule has 0 saturated carbocycles. The summed E-state index contributed by atoms with van der Waals surface area (Å²) in [5, 5.41) is 0. The Morgan fingerprint density at radius 3 is 2.12 bits per heavy atom. The molecule has 16 heavy (non-hydrogen) atoms. The summed E-state index contributed by atoms with van der Waals surface area (Å²) in [7, 11) is 1.69. The number of rotatable bonds is 6. The molecule has 0 aliphatic heterocycles. The summed E-state index contributed by atoms with van der Waals surface area (Å²) in [4.78, 5) is 0. The number of allylic oxidation sites excluding steroid dienone is 5. The summed E-state index contributed by atoms with van der Waals surface area (Å²) < 4.78 is 5.01. The molecule has 0 amide bonds. The van der Waals surface area contributed by atoms with Gasteiger partial charge in [0.1, 0.15) is 0 Å². The van der Waals surface area contributed by atoms with E-state index in [9.17, 15) is 0 Å². The van der Waals surface area contributed by atoms with Crippen molar-refractivity contribution in [3.8, 4) is 0 Å². The average molecular weight is 224 g/mol. The molecule has 1 heteroatoms. The smallest absolute Gasteiger partial charge is 0.0856 e. The fraction of sp³-hybridized carbons (Fsp3) is 0.600. The van der Waals surface area contributed by atoms with Crippen molar-refractivity contribution in [3.05, 3.63) is 35.6 Å². The fourth-order valence-electron chi connectivity index (χ4n) is 1.28. The van der Waals surface area contributed by atoms with Crippen LogP contribution in [0.25, 0.3) is 0 Å². The van der Waals surface area contributed by atoms with Crippen molar-refractivity contribution in [2.75, 3.05) is 7.11 Å². The molecule has 0 saturated heterocycles. The standard InChI is InChI=1S/C13H22O.C2H6/c1-5-7-8-10-13(9-6-2)12(3)11-14-4;1-2/h7-9,11H,5-6,10H2,1-4H3;1-2H3/b8-7-,12-11-,13-9+;. The van der Waals surface area contributed by atoms with Crippen LogP contribution in [0.2, 0.25) is 0 Å². The fourth-order valence-corrected chi connectivity index (χ4v) is 1.28. The lowest BCUT2D eigenvalue weighted by Gasteiger charge is -2.04. The molecule has 0 aliphatic rings. The summed E-state index contributed by atoms with van der Waals surface area (Å²) in [6.45, 7) is 10.4. The molecule has 0 aliphatic carbocycles. The highest BCUT2D eigenvalue weighted by Crippen LogP contribution is 2.15. The molecule has 94 valence electrons. The Morgan fingerprint density at radius 2 is 1.69 bits per heavy atom. The van der Waals surface area contributed by atoms with Gasteiger partial charge >= 0.3 is 0 Å². The Labute approximate surface area is 102 Å². The molecule has 0 fully saturated rings. The van der Waals surface area contributed by atoms with Crippen LogP contribution in [0.4, 0.5) is 0 Å². The van der Waals surface area contributed by atoms with E-state index in [-0.39, 0.29) is 0 Å². The minimum absolute atomic E-state index is 1.01. The SMILES string of the molecule is CC.CC/C=C\CC(=C\CC)/C(C)=C\OC. The first-order valence-electron chi connectivity index (χ1n) is 6.30. The molecule has 0 atom stereocenters. The van der Waals surface area contributed by atoms with Crippen LogP contribution >= 0.6 is 0 Å². The Morgan fingerprint density at radius 1 is 1.06 bits per heavy atom. The second-order valence-corrected chi connectivity index (χ2v) is 3.26. The highest BCUT2D eigenvalue weighted by molar-refractivity contribution is 5.29. The molecule has 0 heterocycles. The Hall–Kier alpha value is -0.980. The van der Waals surface area contributed by atoms with E-state index >= 15 is 0 Å². The van der Waals surface area contributed by atoms with E-state index in [1.54, 1.807) is 13.4 Å². The van der Waals surface area contributed by atoms with Crippen molar-refractivity contribution in [1.82, 2.24) is 0 Å². The molecule has 0 aromatic carbocycles. The maximum Gasteiger partial charge on any atom is 0.0856 e. The first-order valence-corrected chi connectivity index (χ1v) is 6.30. The van der Waals surface area contributed by atoms with Crippen molar-refractivity contribution in [2.45, 2.75) is 53.9 Å². The first kappa shape index (κ1) is 17.4. The van der Waals surface area contributed by atoms with Crippen LogP contribution in [0.1, 0.15) is 53.9 Å². The van der Waals surface area contributed by atoms with Gasteiger partial charge in [0.15, 0.2) is 0 Å². The van der Waals surface area contributed by atoms with E-state index in [1.807, 2.05) is 13.8 Å². The molecular formula is C15H28O. The van der Waals surface area contributed by atoms with Gasteiger partial charge in [-0.1, -0.05) is 45.9 Å². The first-order chi connectivity index (χ1) is 7.76. The van der Waals surface area contributed by atoms with Gasteiger partial charge < -0.3 is 4.74 Å². The second-order valence-electron chi connectivity index (χ2n) is 3.26. The number of ether oxygens (including phenoxy) is 1. The van der Waals surface area contributed by atoms with Gasteiger partial charge in [0.25, 0.3) is 0 Å². The van der Waals surface area contributed by atoms with Crippen molar-refractivity contribution >= 4 is 0 Å². The van der Waals surface area contributed by atoms with Crippen LogP contribution in [0, 0.1) is 0 Å². The van der Waals surface area contributed by atoms with Crippen molar-refractivity contribution in [3.63, 3.8) is 0 Å². The van der Waals surface area contributed by atoms with E-state index in [0.29, 0.717) is 0 Å². The van der Waals surface area contributed by atoms with Crippen molar-refractivity contribution in [1.29, 1.82) is 0 Å². The molecule has 0 bridgehead atoms. The lowest BCUT2D eigenvalue weighted by atomic mass is 10.0. The average Bonchev–Trinajstić information content (AvgIpc) is 2.31. The van der Waals surface area contributed by atoms with Gasteiger partial charge in [-0.2, -0.15) is 0 Å². The van der Waals surface area contributed by atoms with Gasteiger partial charge in [-0.15, -0.1) is 0 Å². The van der Waals surface area contributed by atoms with Gasteiger partial charge in [0.05, 0.1) is 13.4 Å². The summed E-state index contributed by atoms with van der Waals surface area (Å²) in [6.07, 6.45) is 11.7. The Kier molecular flexibility index (Phi) is 15.3. The van der Waals surface area contributed by atoms with Crippen LogP contribution in [-0.2, 0) is 4.74 Å². The van der Waals surface area contributed by atoms with Crippen LogP contribution in [-0.4, -0.2) is 7.11 Å². The van der Waals surface area contributed by atoms with Crippen LogP contribution in [0.3, 0.4) is 0 Å². The third-order valence-corrected chi connectivity index (χ3v) is 1.99. The van der Waals surface area contributed by atoms with E-state index < -0.39 is 0 Å². The molecule has 0 N–H and O–H groups in total. The van der Waals surface area contributed by atoms with E-state index in [2.05, 4.69) is 39.0 Å². The number of methoxy groups -OCH3 is 1. The molecule has 0 aromatic rings. The predicted molar refractivity (Wildman–Crippen MR) is 74.5 cm³/mol. The topological polar surface area (TPSA) is 9.23 Å². The Balaban J connectivity index is 0. The van der Waals surface area contributed by atoms with E-state index in [4.69, 9.17) is 4.74 Å². The third-order valence-electron chi connectivity index (χ3n) is 1.99. The maximum absolute atomic E-state index is 5.01. The highest BCUT2D eigenvalue weighted by atomic mass is 16.5. The summed E-state index contributed by atoms with van der Waals surface area (Å²) in [5.74, 6) is 0. The summed E-state index contributed by atoms with van der Waals surface area (Å²) >= 11 is 0. The van der Waals surface area contributed by atoms with Gasteiger partial charge in [0.2, 0.25) is 0 Å². The molecule has 1 nitrogen and oxygen atoms in total. The molecule has 0 radical (unpaired) electrons. The van der Waals surface area contributed by atoms with Gasteiger partial charge in [-0.25, -0.2) is 0 Å². The monoisotopic (exact) mass is 224 g/mol. The number of hydrogen-bond donors (Lipinski definition) is 0. The zero-order valence-electron chi connectivity index (χ0n) is 11.8. The van der Waals surface area contributed by atoms with E-state index in [0.717, 1.165) is 19.3 Å². The van der Waals surface area contributed by atoms with Crippen LogP contribution in [0.15, 0.2) is 35.6 Å². The van der Waals surface area contributed by atoms with Crippen LogP contribution < -0.4 is 0 Å². The molecule has 0 unspecified atom stereocenters. The lowest BCUT2D eigenvalue weighted by Crippen LogP contribution is -1.86. The normalized spacial score (nSPS) is 12.4. The van der Waals surface area contributed by atoms with Gasteiger partial charge in [0, 0.05) is 0 Å². The van der Waals surface area contributed by atoms with E-state index in [1.165, 1.54) is 11.1 Å². The molecule has 0 spiro atoms. The van der Waals surface area contributed by atoms with Crippen molar-refractivity contribution in [2.24, 2.45) is 0 Å². The largest absolute Gasteiger partial charge is 0.504 e. The molecular weight excluding hydrogens is 196 g/mol. The summed E-state index contributed by atoms with van der Waals surface area (Å²) in [5.41, 5.74) is 2.58. The van der Waals surface area contributed by atoms with Crippen LogP contribution in [0.5, 0.6) is 0 Å². The van der Waals surface area contributed by atoms with Crippen molar-refractivity contribution < 1.29 is 4.74 Å². The summed E-state index contributed by atoms with van der Waals surface area (Å²) in [6, 6.07) is 0. The van der Waals surface area contributed by atoms with Gasteiger partial charge in [-0.05, 0) is 37.3 Å². The predicted octanol–water partition coefficient (Wildman–Crippen LogP) is 5.26. The molecule has 0 aromatic heterocycles. The Bertz CT molecular complexity index is 222. The highest BCUT2D eigenvalue weighted by Gasteiger charge is 1.96. The maximum atomic E-state index is 5.01. The minimum atomic E-state index is 1.01. The zero-order chi connectivity index (χ0) is 12.8.